The zero-order chi connectivity index (χ0) is 22.4. The highest BCUT2D eigenvalue weighted by atomic mass is 32.2. The second-order valence-electron chi connectivity index (χ2n) is 7.69. The molecule has 0 bridgehead atoms. The summed E-state index contributed by atoms with van der Waals surface area (Å²) in [5.74, 6) is -0.278. The van der Waals surface area contributed by atoms with Crippen LogP contribution in [0.2, 0.25) is 0 Å². The van der Waals surface area contributed by atoms with Gasteiger partial charge in [-0.05, 0) is 68.1 Å². The van der Waals surface area contributed by atoms with E-state index in [1.807, 2.05) is 31.2 Å². The molecule has 3 aromatic carbocycles. The molecule has 0 radical (unpaired) electrons. The zero-order valence-electron chi connectivity index (χ0n) is 18.1. The Morgan fingerprint density at radius 3 is 2.29 bits per heavy atom. The lowest BCUT2D eigenvalue weighted by Gasteiger charge is -2.20. The van der Waals surface area contributed by atoms with Crippen molar-refractivity contribution in [2.45, 2.75) is 31.6 Å². The van der Waals surface area contributed by atoms with Crippen molar-refractivity contribution < 1.29 is 13.2 Å². The van der Waals surface area contributed by atoms with Gasteiger partial charge in [0.25, 0.3) is 15.9 Å². The smallest absolute Gasteiger partial charge is 0.264 e. The number of hydrogen-bond donors (Lipinski definition) is 1. The third-order valence-electron chi connectivity index (χ3n) is 5.13. The first-order valence-corrected chi connectivity index (χ1v) is 11.7. The van der Waals surface area contributed by atoms with Gasteiger partial charge in [-0.15, -0.1) is 0 Å². The van der Waals surface area contributed by atoms with E-state index in [0.29, 0.717) is 17.8 Å². The van der Waals surface area contributed by atoms with E-state index in [2.05, 4.69) is 30.4 Å². The molecule has 162 valence electrons. The molecular weight excluding hydrogens is 408 g/mol. The normalized spacial score (nSPS) is 11.2. The lowest BCUT2D eigenvalue weighted by atomic mass is 10.1. The van der Waals surface area contributed by atoms with Gasteiger partial charge in [0, 0.05) is 19.2 Å². The van der Waals surface area contributed by atoms with E-state index in [-0.39, 0.29) is 10.8 Å². The number of rotatable bonds is 8. The van der Waals surface area contributed by atoms with Crippen LogP contribution in [0.5, 0.6) is 0 Å². The number of sulfonamides is 1. The maximum atomic E-state index is 13.1. The Hall–Kier alpha value is -3.12. The number of anilines is 1. The Morgan fingerprint density at radius 2 is 1.58 bits per heavy atom. The van der Waals surface area contributed by atoms with E-state index in [1.165, 1.54) is 34.6 Å². The Bertz CT molecular complexity index is 1170. The molecule has 0 saturated heterocycles. The standard InChI is InChI=1S/C25H28N2O3S/c1-19-8-4-10-21(16-19)11-7-15-26-25(28)22-12-6-14-24(18-22)31(29,30)27(3)23-13-5-9-20(2)17-23/h4-6,8-10,12-14,16-18H,7,11,15H2,1-3H3,(H,26,28). The second kappa shape index (κ2) is 9.79. The van der Waals surface area contributed by atoms with Crippen LogP contribution in [0.3, 0.4) is 0 Å². The molecule has 0 aliphatic carbocycles. The molecule has 1 N–H and O–H groups in total. The third kappa shape index (κ3) is 5.73. The lowest BCUT2D eigenvalue weighted by molar-refractivity contribution is 0.0953. The number of hydrogen-bond acceptors (Lipinski definition) is 3. The van der Waals surface area contributed by atoms with E-state index >= 15 is 0 Å². The largest absolute Gasteiger partial charge is 0.352 e. The minimum absolute atomic E-state index is 0.0870. The van der Waals surface area contributed by atoms with Gasteiger partial charge < -0.3 is 5.32 Å². The fourth-order valence-corrected chi connectivity index (χ4v) is 4.62. The molecule has 1 amide bonds. The quantitative estimate of drug-likeness (QED) is 0.529. The SMILES string of the molecule is Cc1cccc(CCCNC(=O)c2cccc(S(=O)(=O)N(C)c3cccc(C)c3)c2)c1. The van der Waals surface area contributed by atoms with Crippen molar-refractivity contribution >= 4 is 21.6 Å². The van der Waals surface area contributed by atoms with E-state index in [0.717, 1.165) is 18.4 Å². The average Bonchev–Trinajstić information content (AvgIpc) is 2.76. The molecule has 31 heavy (non-hydrogen) atoms. The fraction of sp³-hybridized carbons (Fsp3) is 0.240. The van der Waals surface area contributed by atoms with Crippen molar-refractivity contribution in [2.24, 2.45) is 0 Å². The zero-order valence-corrected chi connectivity index (χ0v) is 18.9. The predicted molar refractivity (Wildman–Crippen MR) is 125 cm³/mol. The van der Waals surface area contributed by atoms with Crippen LogP contribution in [0.15, 0.2) is 77.7 Å². The number of carbonyl (C=O) groups is 1. The summed E-state index contributed by atoms with van der Waals surface area (Å²) in [6.45, 7) is 4.49. The topological polar surface area (TPSA) is 66.5 Å². The Morgan fingerprint density at radius 1 is 0.903 bits per heavy atom. The van der Waals surface area contributed by atoms with E-state index in [9.17, 15) is 13.2 Å². The summed E-state index contributed by atoms with van der Waals surface area (Å²) < 4.78 is 27.4. The summed E-state index contributed by atoms with van der Waals surface area (Å²) in [5.41, 5.74) is 4.33. The summed E-state index contributed by atoms with van der Waals surface area (Å²) in [7, 11) is -2.26. The minimum Gasteiger partial charge on any atom is -0.352 e. The van der Waals surface area contributed by atoms with E-state index < -0.39 is 10.0 Å². The minimum atomic E-state index is -3.78. The third-order valence-corrected chi connectivity index (χ3v) is 6.91. The fourth-order valence-electron chi connectivity index (χ4n) is 3.38. The highest BCUT2D eigenvalue weighted by molar-refractivity contribution is 7.92. The molecule has 0 aliphatic rings. The molecule has 5 nitrogen and oxygen atoms in total. The van der Waals surface area contributed by atoms with Gasteiger partial charge in [-0.25, -0.2) is 8.42 Å². The molecule has 0 spiro atoms. The van der Waals surface area contributed by atoms with Crippen molar-refractivity contribution in [3.05, 3.63) is 95.1 Å². The highest BCUT2D eigenvalue weighted by Gasteiger charge is 2.22. The number of aryl methyl sites for hydroxylation is 3. The van der Waals surface area contributed by atoms with Crippen LogP contribution in [0.25, 0.3) is 0 Å². The van der Waals surface area contributed by atoms with Crippen molar-refractivity contribution in [3.63, 3.8) is 0 Å². The van der Waals surface area contributed by atoms with Gasteiger partial charge in [-0.1, -0.05) is 48.0 Å². The van der Waals surface area contributed by atoms with Crippen LogP contribution in [0, 0.1) is 13.8 Å². The van der Waals surface area contributed by atoms with Crippen molar-refractivity contribution in [3.8, 4) is 0 Å². The van der Waals surface area contributed by atoms with Crippen LogP contribution in [-0.4, -0.2) is 27.9 Å². The Kier molecular flexibility index (Phi) is 7.13. The number of carbonyl (C=O) groups excluding carboxylic acids is 1. The molecule has 0 aromatic heterocycles. The first-order valence-electron chi connectivity index (χ1n) is 10.3. The van der Waals surface area contributed by atoms with E-state index in [1.54, 1.807) is 18.2 Å². The van der Waals surface area contributed by atoms with Crippen LogP contribution in [-0.2, 0) is 16.4 Å². The molecule has 3 rings (SSSR count). The summed E-state index contributed by atoms with van der Waals surface area (Å²) >= 11 is 0. The maximum Gasteiger partial charge on any atom is 0.264 e. The number of nitrogens with zero attached hydrogens (tertiary/aromatic N) is 1. The first kappa shape index (κ1) is 22.6. The second-order valence-corrected chi connectivity index (χ2v) is 9.66. The van der Waals surface area contributed by atoms with Gasteiger partial charge in [0.15, 0.2) is 0 Å². The van der Waals surface area contributed by atoms with Crippen LogP contribution >= 0.6 is 0 Å². The van der Waals surface area contributed by atoms with Crippen LogP contribution in [0.1, 0.15) is 33.5 Å². The molecule has 0 aliphatic heterocycles. The van der Waals surface area contributed by atoms with Crippen LogP contribution < -0.4 is 9.62 Å². The van der Waals surface area contributed by atoms with Gasteiger partial charge in [-0.2, -0.15) is 0 Å². The number of nitrogens with one attached hydrogen (secondary N) is 1. The summed E-state index contributed by atoms with van der Waals surface area (Å²) in [5, 5.41) is 2.88. The lowest BCUT2D eigenvalue weighted by Crippen LogP contribution is -2.28. The molecule has 0 unspecified atom stereocenters. The number of amides is 1. The molecule has 0 saturated carbocycles. The molecule has 6 heteroatoms. The first-order chi connectivity index (χ1) is 14.8. The van der Waals surface area contributed by atoms with Crippen molar-refractivity contribution in [1.29, 1.82) is 0 Å². The molecule has 0 fully saturated rings. The van der Waals surface area contributed by atoms with Gasteiger partial charge in [0.05, 0.1) is 10.6 Å². The molecule has 0 atom stereocenters. The van der Waals surface area contributed by atoms with Crippen molar-refractivity contribution in [2.75, 3.05) is 17.9 Å². The average molecular weight is 437 g/mol. The van der Waals surface area contributed by atoms with Gasteiger partial charge in [0.2, 0.25) is 0 Å². The molecule has 3 aromatic rings. The highest BCUT2D eigenvalue weighted by Crippen LogP contribution is 2.23. The Balaban J connectivity index is 1.65. The molecule has 0 heterocycles. The van der Waals surface area contributed by atoms with Gasteiger partial charge in [-0.3, -0.25) is 9.10 Å². The molecular formula is C25H28N2O3S. The Labute approximate surface area is 184 Å². The summed E-state index contributed by atoms with van der Waals surface area (Å²) in [6.07, 6.45) is 1.68. The number of benzene rings is 3. The maximum absolute atomic E-state index is 13.1. The van der Waals surface area contributed by atoms with E-state index in [4.69, 9.17) is 0 Å². The van der Waals surface area contributed by atoms with Gasteiger partial charge in [0.1, 0.15) is 0 Å². The summed E-state index contributed by atoms with van der Waals surface area (Å²) in [4.78, 5) is 12.6. The summed E-state index contributed by atoms with van der Waals surface area (Å²) in [6, 6.07) is 21.7. The van der Waals surface area contributed by atoms with Crippen LogP contribution in [0.4, 0.5) is 5.69 Å². The monoisotopic (exact) mass is 436 g/mol. The van der Waals surface area contributed by atoms with Gasteiger partial charge >= 0.3 is 0 Å². The predicted octanol–water partition coefficient (Wildman–Crippen LogP) is 4.49. The van der Waals surface area contributed by atoms with Crippen molar-refractivity contribution in [1.82, 2.24) is 5.32 Å².